The molecule has 0 radical (unpaired) electrons. The number of hydrogen-bond acceptors (Lipinski definition) is 5. The molecular formula is C17H17F6NO5. The van der Waals surface area contributed by atoms with Crippen LogP contribution in [-0.4, -0.2) is 38.1 Å². The maximum atomic E-state index is 12.9. The molecule has 1 amide bonds. The van der Waals surface area contributed by atoms with Gasteiger partial charge in [0.1, 0.15) is 6.04 Å². The third kappa shape index (κ3) is 6.64. The van der Waals surface area contributed by atoms with Gasteiger partial charge in [0, 0.05) is 5.56 Å². The number of carbonyl (C=O) groups is 3. The monoisotopic (exact) mass is 429 g/mol. The summed E-state index contributed by atoms with van der Waals surface area (Å²) in [5.74, 6) is -4.10. The SMILES string of the molecule is COC(=O)C[C@@H](C)[C@H](NC(=O)c1cc(C(F)(F)F)cc(C(F)(F)F)c1)C(=O)OC. The Hall–Kier alpha value is -2.79. The minimum absolute atomic E-state index is 0.131. The van der Waals surface area contributed by atoms with Gasteiger partial charge in [-0.3, -0.25) is 9.59 Å². The minimum Gasteiger partial charge on any atom is -0.469 e. The summed E-state index contributed by atoms with van der Waals surface area (Å²) in [6, 6.07) is -1.20. The standard InChI is InChI=1S/C17H17F6NO5/c1-8(4-12(25)28-2)13(15(27)29-3)24-14(26)9-5-10(16(18,19)20)7-11(6-9)17(21,22)23/h5-8,13H,4H2,1-3H3,(H,24,26)/t8-,13+/m1/s1. The Balaban J connectivity index is 3.29. The third-order valence-electron chi connectivity index (χ3n) is 3.88. The summed E-state index contributed by atoms with van der Waals surface area (Å²) in [6.45, 7) is 1.34. The highest BCUT2D eigenvalue weighted by atomic mass is 19.4. The van der Waals surface area contributed by atoms with Crippen LogP contribution in [0, 0.1) is 5.92 Å². The molecule has 1 aromatic rings. The van der Waals surface area contributed by atoms with E-state index in [4.69, 9.17) is 0 Å². The number of halogens is 6. The van der Waals surface area contributed by atoms with Gasteiger partial charge in [-0.15, -0.1) is 0 Å². The van der Waals surface area contributed by atoms with Crippen LogP contribution >= 0.6 is 0 Å². The quantitative estimate of drug-likeness (QED) is 0.555. The summed E-state index contributed by atoms with van der Waals surface area (Å²) in [5, 5.41) is 2.01. The summed E-state index contributed by atoms with van der Waals surface area (Å²) in [6.07, 6.45) is -10.7. The first-order chi connectivity index (χ1) is 13.2. The highest BCUT2D eigenvalue weighted by molar-refractivity contribution is 5.97. The van der Waals surface area contributed by atoms with E-state index in [9.17, 15) is 40.7 Å². The Labute approximate surface area is 161 Å². The topological polar surface area (TPSA) is 81.7 Å². The Kier molecular flexibility index (Phi) is 7.64. The zero-order valence-corrected chi connectivity index (χ0v) is 15.4. The average Bonchev–Trinajstić information content (AvgIpc) is 2.63. The maximum Gasteiger partial charge on any atom is 0.416 e. The summed E-state index contributed by atoms with van der Waals surface area (Å²) in [5.41, 5.74) is -4.34. The molecule has 0 aliphatic heterocycles. The molecule has 0 bridgehead atoms. The Morgan fingerprint density at radius 2 is 1.41 bits per heavy atom. The van der Waals surface area contributed by atoms with Gasteiger partial charge in [-0.25, -0.2) is 4.79 Å². The molecule has 162 valence electrons. The number of nitrogens with one attached hydrogen (secondary N) is 1. The lowest BCUT2D eigenvalue weighted by molar-refractivity contribution is -0.147. The van der Waals surface area contributed by atoms with Gasteiger partial charge in [0.15, 0.2) is 0 Å². The van der Waals surface area contributed by atoms with Gasteiger partial charge in [0.05, 0.1) is 31.8 Å². The lowest BCUT2D eigenvalue weighted by atomic mass is 9.97. The first-order valence-corrected chi connectivity index (χ1v) is 7.95. The lowest BCUT2D eigenvalue weighted by Gasteiger charge is -2.22. The van der Waals surface area contributed by atoms with Crippen molar-refractivity contribution in [3.05, 3.63) is 34.9 Å². The summed E-state index contributed by atoms with van der Waals surface area (Å²) in [7, 11) is 2.03. The summed E-state index contributed by atoms with van der Waals surface area (Å²) >= 11 is 0. The molecule has 0 spiro atoms. The number of ether oxygens (including phenoxy) is 2. The van der Waals surface area contributed by atoms with Crippen LogP contribution in [0.3, 0.4) is 0 Å². The molecule has 0 heterocycles. The molecule has 1 aromatic carbocycles. The number of carbonyl (C=O) groups excluding carboxylic acids is 3. The Morgan fingerprint density at radius 3 is 1.79 bits per heavy atom. The molecule has 0 saturated heterocycles. The van der Waals surface area contributed by atoms with Crippen LogP contribution in [0.25, 0.3) is 0 Å². The highest BCUT2D eigenvalue weighted by Crippen LogP contribution is 2.36. The molecule has 0 aromatic heterocycles. The van der Waals surface area contributed by atoms with Crippen molar-refractivity contribution in [1.82, 2.24) is 5.32 Å². The molecule has 1 N–H and O–H groups in total. The summed E-state index contributed by atoms with van der Waals surface area (Å²) in [4.78, 5) is 35.6. The fourth-order valence-electron chi connectivity index (χ4n) is 2.34. The first kappa shape index (κ1) is 24.2. The van der Waals surface area contributed by atoms with Gasteiger partial charge in [-0.05, 0) is 24.1 Å². The van der Waals surface area contributed by atoms with Gasteiger partial charge in [-0.1, -0.05) is 6.92 Å². The molecule has 0 unspecified atom stereocenters. The van der Waals surface area contributed by atoms with E-state index in [0.29, 0.717) is 0 Å². The Morgan fingerprint density at radius 1 is 0.931 bits per heavy atom. The van der Waals surface area contributed by atoms with Crippen molar-refractivity contribution in [3.8, 4) is 0 Å². The van der Waals surface area contributed by atoms with E-state index in [1.165, 1.54) is 6.92 Å². The van der Waals surface area contributed by atoms with Crippen molar-refractivity contribution in [2.24, 2.45) is 5.92 Å². The van der Waals surface area contributed by atoms with E-state index in [-0.39, 0.29) is 24.6 Å². The number of benzene rings is 1. The maximum absolute atomic E-state index is 12.9. The normalized spacial score (nSPS) is 14.0. The van der Waals surface area contributed by atoms with Crippen LogP contribution < -0.4 is 5.32 Å². The van der Waals surface area contributed by atoms with Crippen molar-refractivity contribution in [2.45, 2.75) is 31.7 Å². The molecule has 0 aliphatic rings. The van der Waals surface area contributed by atoms with Crippen molar-refractivity contribution < 1.29 is 50.2 Å². The molecule has 0 saturated carbocycles. The molecule has 6 nitrogen and oxygen atoms in total. The van der Waals surface area contributed by atoms with Gasteiger partial charge in [0.2, 0.25) is 0 Å². The van der Waals surface area contributed by atoms with E-state index in [1.54, 1.807) is 0 Å². The fourth-order valence-corrected chi connectivity index (χ4v) is 2.34. The molecule has 0 fully saturated rings. The molecule has 0 aliphatic carbocycles. The van der Waals surface area contributed by atoms with E-state index in [2.05, 4.69) is 9.47 Å². The first-order valence-electron chi connectivity index (χ1n) is 7.95. The van der Waals surface area contributed by atoms with Gasteiger partial charge in [-0.2, -0.15) is 26.3 Å². The lowest BCUT2D eigenvalue weighted by Crippen LogP contribution is -2.46. The van der Waals surface area contributed by atoms with E-state index >= 15 is 0 Å². The summed E-state index contributed by atoms with van der Waals surface area (Å²) < 4.78 is 86.5. The number of rotatable bonds is 6. The predicted octanol–water partition coefficient (Wildman–Crippen LogP) is 3.19. The zero-order valence-electron chi connectivity index (χ0n) is 15.4. The fraction of sp³-hybridized carbons (Fsp3) is 0.471. The second kappa shape index (κ2) is 9.14. The van der Waals surface area contributed by atoms with E-state index in [1.807, 2.05) is 5.32 Å². The predicted molar refractivity (Wildman–Crippen MR) is 85.5 cm³/mol. The molecule has 12 heteroatoms. The van der Waals surface area contributed by atoms with E-state index < -0.39 is 58.8 Å². The number of methoxy groups -OCH3 is 2. The minimum atomic E-state index is -5.14. The number of alkyl halides is 6. The molecule has 1 rings (SSSR count). The van der Waals surface area contributed by atoms with Crippen molar-refractivity contribution in [1.29, 1.82) is 0 Å². The van der Waals surface area contributed by atoms with Crippen LogP contribution in [0.2, 0.25) is 0 Å². The van der Waals surface area contributed by atoms with Crippen molar-refractivity contribution >= 4 is 17.8 Å². The van der Waals surface area contributed by atoms with Gasteiger partial charge >= 0.3 is 24.3 Å². The van der Waals surface area contributed by atoms with Crippen LogP contribution in [0.4, 0.5) is 26.3 Å². The van der Waals surface area contributed by atoms with Crippen LogP contribution in [0.5, 0.6) is 0 Å². The molecular weight excluding hydrogens is 412 g/mol. The van der Waals surface area contributed by atoms with Crippen LogP contribution in [0.1, 0.15) is 34.8 Å². The number of hydrogen-bond donors (Lipinski definition) is 1. The number of amides is 1. The molecule has 29 heavy (non-hydrogen) atoms. The number of esters is 2. The second-order valence-electron chi connectivity index (χ2n) is 6.03. The van der Waals surface area contributed by atoms with Crippen molar-refractivity contribution in [3.63, 3.8) is 0 Å². The Bertz CT molecular complexity index is 742. The average molecular weight is 429 g/mol. The van der Waals surface area contributed by atoms with Gasteiger partial charge in [0.25, 0.3) is 5.91 Å². The van der Waals surface area contributed by atoms with Gasteiger partial charge < -0.3 is 14.8 Å². The second-order valence-corrected chi connectivity index (χ2v) is 6.03. The van der Waals surface area contributed by atoms with Crippen molar-refractivity contribution in [2.75, 3.05) is 14.2 Å². The van der Waals surface area contributed by atoms with Crippen LogP contribution in [-0.2, 0) is 31.4 Å². The highest BCUT2D eigenvalue weighted by Gasteiger charge is 2.38. The third-order valence-corrected chi connectivity index (χ3v) is 3.88. The van der Waals surface area contributed by atoms with Crippen LogP contribution in [0.15, 0.2) is 18.2 Å². The zero-order chi connectivity index (χ0) is 22.6. The smallest absolute Gasteiger partial charge is 0.416 e. The molecule has 2 atom stereocenters. The van der Waals surface area contributed by atoms with E-state index in [0.717, 1.165) is 14.2 Å². The largest absolute Gasteiger partial charge is 0.469 e.